The van der Waals surface area contributed by atoms with Gasteiger partial charge in [0, 0.05) is 25.4 Å². The molecule has 1 aromatic rings. The summed E-state index contributed by atoms with van der Waals surface area (Å²) < 4.78 is 5.30. The maximum absolute atomic E-state index is 7.79. The van der Waals surface area contributed by atoms with Crippen molar-refractivity contribution >= 4 is 5.84 Å². The lowest BCUT2D eigenvalue weighted by Gasteiger charge is -2.25. The molecule has 2 heterocycles. The largest absolute Gasteiger partial charge is 0.469 e. The first-order valence-corrected chi connectivity index (χ1v) is 5.64. The van der Waals surface area contributed by atoms with Crippen LogP contribution in [0.5, 0.6) is 0 Å². The van der Waals surface area contributed by atoms with Crippen molar-refractivity contribution in [2.24, 2.45) is 0 Å². The van der Waals surface area contributed by atoms with Gasteiger partial charge in [0.2, 0.25) is 0 Å². The van der Waals surface area contributed by atoms with Crippen LogP contribution >= 0.6 is 0 Å². The molecule has 1 unspecified atom stereocenters. The van der Waals surface area contributed by atoms with Crippen molar-refractivity contribution in [2.75, 3.05) is 6.54 Å². The van der Waals surface area contributed by atoms with Gasteiger partial charge in [0.15, 0.2) is 0 Å². The molecule has 0 saturated carbocycles. The number of nitrogens with one attached hydrogen (secondary N) is 1. The molecule has 2 rings (SSSR count). The summed E-state index contributed by atoms with van der Waals surface area (Å²) in [5.74, 6) is 1.86. The van der Waals surface area contributed by atoms with E-state index in [2.05, 4.69) is 11.8 Å². The molecule has 82 valence electrons. The molecule has 3 heteroatoms. The topological polar surface area (TPSA) is 40.2 Å². The molecule has 1 aliphatic heterocycles. The summed E-state index contributed by atoms with van der Waals surface area (Å²) in [7, 11) is 0. The van der Waals surface area contributed by atoms with Gasteiger partial charge >= 0.3 is 0 Å². The second kappa shape index (κ2) is 4.51. The third-order valence-electron chi connectivity index (χ3n) is 3.08. The van der Waals surface area contributed by atoms with Gasteiger partial charge in [0.25, 0.3) is 0 Å². The van der Waals surface area contributed by atoms with Crippen molar-refractivity contribution < 1.29 is 4.42 Å². The van der Waals surface area contributed by atoms with Crippen molar-refractivity contribution in [2.45, 2.75) is 38.6 Å². The lowest BCUT2D eigenvalue weighted by atomic mass is 10.1. The van der Waals surface area contributed by atoms with Crippen molar-refractivity contribution in [3.8, 4) is 0 Å². The van der Waals surface area contributed by atoms with Gasteiger partial charge in [-0.1, -0.05) is 0 Å². The molecular weight excluding hydrogens is 188 g/mol. The minimum Gasteiger partial charge on any atom is -0.469 e. The van der Waals surface area contributed by atoms with E-state index in [4.69, 9.17) is 9.83 Å². The molecule has 15 heavy (non-hydrogen) atoms. The van der Waals surface area contributed by atoms with Gasteiger partial charge in [-0.2, -0.15) is 0 Å². The van der Waals surface area contributed by atoms with Crippen LogP contribution < -0.4 is 0 Å². The number of furan rings is 1. The molecule has 1 aromatic heterocycles. The Kier molecular flexibility index (Phi) is 3.09. The van der Waals surface area contributed by atoms with Gasteiger partial charge in [0.1, 0.15) is 5.76 Å². The predicted molar refractivity (Wildman–Crippen MR) is 60.2 cm³/mol. The van der Waals surface area contributed by atoms with Crippen molar-refractivity contribution in [1.29, 1.82) is 5.41 Å². The normalized spacial score (nSPS) is 18.5. The molecule has 0 amide bonds. The van der Waals surface area contributed by atoms with Gasteiger partial charge in [-0.15, -0.1) is 0 Å². The van der Waals surface area contributed by atoms with E-state index in [1.165, 1.54) is 0 Å². The molecule has 0 radical (unpaired) electrons. The van der Waals surface area contributed by atoms with Gasteiger partial charge in [-0.3, -0.25) is 5.41 Å². The highest BCUT2D eigenvalue weighted by molar-refractivity contribution is 5.81. The number of rotatable bonds is 4. The molecule has 1 atom stereocenters. The summed E-state index contributed by atoms with van der Waals surface area (Å²) in [6, 6.07) is 4.41. The van der Waals surface area contributed by atoms with Crippen LogP contribution in [-0.4, -0.2) is 23.3 Å². The average Bonchev–Trinajstić information content (AvgIpc) is 2.84. The van der Waals surface area contributed by atoms with Crippen LogP contribution in [0.25, 0.3) is 0 Å². The van der Waals surface area contributed by atoms with Gasteiger partial charge in [0.05, 0.1) is 12.1 Å². The van der Waals surface area contributed by atoms with E-state index in [1.807, 2.05) is 12.1 Å². The highest BCUT2D eigenvalue weighted by Gasteiger charge is 2.21. The number of aryl methyl sites for hydroxylation is 1. The number of nitrogens with zero attached hydrogens (tertiary/aromatic N) is 1. The summed E-state index contributed by atoms with van der Waals surface area (Å²) in [5, 5.41) is 7.79. The summed E-state index contributed by atoms with van der Waals surface area (Å²) in [6.45, 7) is 3.25. The Morgan fingerprint density at radius 2 is 2.47 bits per heavy atom. The van der Waals surface area contributed by atoms with Crippen LogP contribution in [0, 0.1) is 5.41 Å². The van der Waals surface area contributed by atoms with Gasteiger partial charge in [-0.05, 0) is 31.9 Å². The van der Waals surface area contributed by atoms with Crippen LogP contribution in [0.1, 0.15) is 31.9 Å². The molecule has 0 bridgehead atoms. The van der Waals surface area contributed by atoms with Crippen LogP contribution in [0.2, 0.25) is 0 Å². The smallest absolute Gasteiger partial charge is 0.103 e. The quantitative estimate of drug-likeness (QED) is 0.822. The number of amidine groups is 1. The highest BCUT2D eigenvalue weighted by atomic mass is 16.3. The molecule has 1 saturated heterocycles. The number of likely N-dealkylation sites (tertiary alicyclic amines) is 1. The highest BCUT2D eigenvalue weighted by Crippen LogP contribution is 2.17. The second-order valence-corrected chi connectivity index (χ2v) is 4.21. The van der Waals surface area contributed by atoms with Crippen LogP contribution in [0.15, 0.2) is 22.8 Å². The maximum atomic E-state index is 7.79. The fraction of sp³-hybridized carbons (Fsp3) is 0.583. The Hall–Kier alpha value is -1.25. The summed E-state index contributed by atoms with van der Waals surface area (Å²) in [4.78, 5) is 2.21. The maximum Gasteiger partial charge on any atom is 0.103 e. The molecule has 3 nitrogen and oxygen atoms in total. The fourth-order valence-corrected chi connectivity index (χ4v) is 2.14. The predicted octanol–water partition coefficient (Wildman–Crippen LogP) is 2.67. The van der Waals surface area contributed by atoms with E-state index in [-0.39, 0.29) is 0 Å². The van der Waals surface area contributed by atoms with E-state index >= 15 is 0 Å². The summed E-state index contributed by atoms with van der Waals surface area (Å²) in [5.41, 5.74) is 0. The third-order valence-corrected chi connectivity index (χ3v) is 3.08. The number of hydrogen-bond acceptors (Lipinski definition) is 2. The zero-order chi connectivity index (χ0) is 10.7. The van der Waals surface area contributed by atoms with E-state index < -0.39 is 0 Å². The van der Waals surface area contributed by atoms with E-state index in [9.17, 15) is 0 Å². The average molecular weight is 206 g/mol. The molecule has 0 aromatic carbocycles. The Bertz CT molecular complexity index is 318. The van der Waals surface area contributed by atoms with Crippen molar-refractivity contribution in [3.63, 3.8) is 0 Å². The molecule has 0 aliphatic carbocycles. The summed E-state index contributed by atoms with van der Waals surface area (Å²) in [6.07, 6.45) is 5.85. The second-order valence-electron chi connectivity index (χ2n) is 4.21. The van der Waals surface area contributed by atoms with Gasteiger partial charge in [-0.25, -0.2) is 0 Å². The zero-order valence-corrected chi connectivity index (χ0v) is 9.20. The minimum absolute atomic E-state index is 0.463. The first kappa shape index (κ1) is 10.3. The Morgan fingerprint density at radius 1 is 1.60 bits per heavy atom. The molecule has 1 fully saturated rings. The zero-order valence-electron chi connectivity index (χ0n) is 9.20. The first-order valence-electron chi connectivity index (χ1n) is 5.64. The molecule has 0 spiro atoms. The first-order chi connectivity index (χ1) is 7.27. The molecular formula is C12H18N2O. The minimum atomic E-state index is 0.463. The Balaban J connectivity index is 1.82. The van der Waals surface area contributed by atoms with Crippen molar-refractivity contribution in [1.82, 2.24) is 4.90 Å². The standard InChI is InChI=1S/C12H18N2O/c1-10(14-8-2-5-12(14)13)6-7-11-4-3-9-15-11/h3-4,9-10,13H,2,5-8H2,1H3. The Labute approximate surface area is 90.6 Å². The van der Waals surface area contributed by atoms with Gasteiger partial charge < -0.3 is 9.32 Å². The molecule has 1 aliphatic rings. The van der Waals surface area contributed by atoms with E-state index in [0.29, 0.717) is 6.04 Å². The monoisotopic (exact) mass is 206 g/mol. The van der Waals surface area contributed by atoms with Crippen LogP contribution in [-0.2, 0) is 6.42 Å². The van der Waals surface area contributed by atoms with Crippen LogP contribution in [0.3, 0.4) is 0 Å². The van der Waals surface area contributed by atoms with E-state index in [0.717, 1.165) is 43.8 Å². The third kappa shape index (κ3) is 2.41. The number of hydrogen-bond donors (Lipinski definition) is 1. The summed E-state index contributed by atoms with van der Waals surface area (Å²) >= 11 is 0. The molecule has 1 N–H and O–H groups in total. The van der Waals surface area contributed by atoms with E-state index in [1.54, 1.807) is 6.26 Å². The Morgan fingerprint density at radius 3 is 3.07 bits per heavy atom. The fourth-order valence-electron chi connectivity index (χ4n) is 2.14. The SMILES string of the molecule is CC(CCc1ccco1)N1CCCC1=N. The lowest BCUT2D eigenvalue weighted by molar-refractivity contribution is 0.328. The lowest BCUT2D eigenvalue weighted by Crippen LogP contribution is -2.33. The van der Waals surface area contributed by atoms with Crippen molar-refractivity contribution in [3.05, 3.63) is 24.2 Å². The van der Waals surface area contributed by atoms with Crippen LogP contribution in [0.4, 0.5) is 0 Å².